The van der Waals surface area contributed by atoms with E-state index in [0.717, 1.165) is 10.0 Å². The smallest absolute Gasteiger partial charge is 0.276 e. The van der Waals surface area contributed by atoms with E-state index < -0.39 is 0 Å². The third-order valence-electron chi connectivity index (χ3n) is 3.49. The molecule has 9 heteroatoms. The largest absolute Gasteiger partial charge is 0.320 e. The molecular formula is C15H9BrN6OS. The van der Waals surface area contributed by atoms with Crippen LogP contribution in [0.1, 0.15) is 5.56 Å². The molecule has 0 radical (unpaired) electrons. The second-order valence-corrected chi connectivity index (χ2v) is 6.30. The van der Waals surface area contributed by atoms with E-state index in [1.807, 2.05) is 18.2 Å². The summed E-state index contributed by atoms with van der Waals surface area (Å²) in [4.78, 5) is 16.3. The number of aromatic amines is 1. The molecule has 3 heterocycles. The van der Waals surface area contributed by atoms with Crippen LogP contribution < -0.4 is 5.32 Å². The molecule has 0 unspecified atom stereocenters. The average Bonchev–Trinajstić information content (AvgIpc) is 3.10. The Bertz CT molecular complexity index is 1040. The van der Waals surface area contributed by atoms with Crippen molar-refractivity contribution in [3.63, 3.8) is 0 Å². The van der Waals surface area contributed by atoms with Gasteiger partial charge in [-0.1, -0.05) is 15.9 Å². The molecule has 0 aliphatic carbocycles. The number of fused-ring (bicyclic) bond motifs is 1. The Hall–Kier alpha value is -2.65. The van der Waals surface area contributed by atoms with Crippen LogP contribution in [0.25, 0.3) is 11.4 Å². The van der Waals surface area contributed by atoms with Gasteiger partial charge < -0.3 is 5.32 Å². The van der Waals surface area contributed by atoms with Gasteiger partial charge in [-0.05, 0) is 42.5 Å². The van der Waals surface area contributed by atoms with Crippen molar-refractivity contribution >= 4 is 45.5 Å². The number of benzene rings is 1. The third kappa shape index (κ3) is 2.47. The molecule has 3 aromatic rings. The molecular weight excluding hydrogens is 392 g/mol. The number of anilines is 1. The molecule has 0 bridgehead atoms. The summed E-state index contributed by atoms with van der Waals surface area (Å²) in [6, 6.07) is 9.09. The molecule has 0 atom stereocenters. The van der Waals surface area contributed by atoms with Crippen molar-refractivity contribution in [1.29, 1.82) is 0 Å². The summed E-state index contributed by atoms with van der Waals surface area (Å²) in [5.41, 5.74) is 2.48. The van der Waals surface area contributed by atoms with E-state index in [0.29, 0.717) is 21.8 Å². The van der Waals surface area contributed by atoms with Crippen LogP contribution in [0, 0.1) is 4.77 Å². The van der Waals surface area contributed by atoms with Crippen molar-refractivity contribution in [1.82, 2.24) is 19.9 Å². The normalized spacial score (nSPS) is 14.7. The van der Waals surface area contributed by atoms with Gasteiger partial charge >= 0.3 is 0 Å². The van der Waals surface area contributed by atoms with Crippen molar-refractivity contribution in [2.45, 2.75) is 0 Å². The first-order valence-electron chi connectivity index (χ1n) is 6.91. The number of hydrogen-bond donors (Lipinski definition) is 2. The number of nitrogens with zero attached hydrogens (tertiary/aromatic N) is 4. The monoisotopic (exact) mass is 400 g/mol. The van der Waals surface area contributed by atoms with Crippen molar-refractivity contribution in [3.05, 3.63) is 57.5 Å². The maximum atomic E-state index is 12.3. The molecule has 2 aromatic heterocycles. The van der Waals surface area contributed by atoms with Crippen molar-refractivity contribution in [2.75, 3.05) is 5.32 Å². The van der Waals surface area contributed by atoms with Gasteiger partial charge in [-0.2, -0.15) is 14.9 Å². The zero-order valence-electron chi connectivity index (χ0n) is 12.0. The Kier molecular flexibility index (Phi) is 3.58. The van der Waals surface area contributed by atoms with Crippen molar-refractivity contribution in [2.24, 2.45) is 5.10 Å². The van der Waals surface area contributed by atoms with Crippen LogP contribution in [0.2, 0.25) is 0 Å². The van der Waals surface area contributed by atoms with E-state index in [1.165, 1.54) is 4.68 Å². The predicted molar refractivity (Wildman–Crippen MR) is 95.3 cm³/mol. The minimum Gasteiger partial charge on any atom is -0.320 e. The first kappa shape index (κ1) is 14.9. The number of rotatable bonds is 2. The molecule has 1 aliphatic heterocycles. The van der Waals surface area contributed by atoms with E-state index in [2.05, 4.69) is 41.5 Å². The van der Waals surface area contributed by atoms with E-state index in [9.17, 15) is 4.79 Å². The fraction of sp³-hybridized carbons (Fsp3) is 0. The summed E-state index contributed by atoms with van der Waals surface area (Å²) < 4.78 is 2.59. The summed E-state index contributed by atoms with van der Waals surface area (Å²) in [6.07, 6.45) is 3.30. The fourth-order valence-corrected chi connectivity index (χ4v) is 2.93. The van der Waals surface area contributed by atoms with Crippen LogP contribution >= 0.6 is 28.1 Å². The second-order valence-electron chi connectivity index (χ2n) is 4.99. The Labute approximate surface area is 149 Å². The van der Waals surface area contributed by atoms with Crippen LogP contribution in [0.5, 0.6) is 0 Å². The van der Waals surface area contributed by atoms with E-state index >= 15 is 0 Å². The number of H-pyrrole nitrogens is 1. The van der Waals surface area contributed by atoms with E-state index in [4.69, 9.17) is 12.2 Å². The lowest BCUT2D eigenvalue weighted by Crippen LogP contribution is -2.16. The van der Waals surface area contributed by atoms with E-state index in [-0.39, 0.29) is 11.6 Å². The number of nitrogens with one attached hydrogen (secondary N) is 2. The fourth-order valence-electron chi connectivity index (χ4n) is 2.40. The number of carbonyl (C=O) groups excluding carboxylic acids is 1. The molecule has 1 aliphatic rings. The highest BCUT2D eigenvalue weighted by atomic mass is 79.9. The van der Waals surface area contributed by atoms with Crippen LogP contribution in [-0.4, -0.2) is 31.5 Å². The summed E-state index contributed by atoms with van der Waals surface area (Å²) in [6.45, 7) is 0. The van der Waals surface area contributed by atoms with E-state index in [1.54, 1.807) is 24.5 Å². The lowest BCUT2D eigenvalue weighted by molar-refractivity contribution is -0.110. The predicted octanol–water partition coefficient (Wildman–Crippen LogP) is 2.97. The first-order chi connectivity index (χ1) is 11.6. The molecule has 1 aromatic carbocycles. The number of pyridine rings is 1. The van der Waals surface area contributed by atoms with Gasteiger partial charge in [0, 0.05) is 28.0 Å². The Morgan fingerprint density at radius 3 is 2.79 bits per heavy atom. The Balaban J connectivity index is 1.89. The quantitative estimate of drug-likeness (QED) is 0.647. The highest BCUT2D eigenvalue weighted by molar-refractivity contribution is 9.10. The zero-order valence-corrected chi connectivity index (χ0v) is 14.4. The lowest BCUT2D eigenvalue weighted by atomic mass is 10.1. The molecule has 118 valence electrons. The number of amides is 1. The molecule has 0 fully saturated rings. The molecule has 0 saturated carbocycles. The minimum absolute atomic E-state index is 0.277. The van der Waals surface area contributed by atoms with Gasteiger partial charge in [-0.3, -0.25) is 9.78 Å². The maximum Gasteiger partial charge on any atom is 0.276 e. The van der Waals surface area contributed by atoms with Crippen LogP contribution in [0.3, 0.4) is 0 Å². The minimum atomic E-state index is -0.285. The number of halogens is 1. The molecule has 1 amide bonds. The lowest BCUT2D eigenvalue weighted by Gasteiger charge is -2.02. The van der Waals surface area contributed by atoms with Crippen LogP contribution in [0.15, 0.2) is 52.3 Å². The Morgan fingerprint density at radius 2 is 2.00 bits per heavy atom. The van der Waals surface area contributed by atoms with Gasteiger partial charge in [-0.25, -0.2) is 5.10 Å². The Morgan fingerprint density at radius 1 is 1.21 bits per heavy atom. The van der Waals surface area contributed by atoms with Crippen LogP contribution in [0.4, 0.5) is 5.69 Å². The van der Waals surface area contributed by atoms with Gasteiger partial charge in [0.2, 0.25) is 4.77 Å². The summed E-state index contributed by atoms with van der Waals surface area (Å²) in [5.74, 6) is 0.220. The molecule has 2 N–H and O–H groups in total. The van der Waals surface area contributed by atoms with Crippen LogP contribution in [-0.2, 0) is 4.79 Å². The first-order valence-corrected chi connectivity index (χ1v) is 8.11. The zero-order chi connectivity index (χ0) is 16.7. The van der Waals surface area contributed by atoms with Gasteiger partial charge in [0.15, 0.2) is 11.5 Å². The summed E-state index contributed by atoms with van der Waals surface area (Å²) in [7, 11) is 0. The summed E-state index contributed by atoms with van der Waals surface area (Å²) >= 11 is 8.66. The maximum absolute atomic E-state index is 12.3. The molecule has 0 saturated heterocycles. The van der Waals surface area contributed by atoms with Gasteiger partial charge in [0.25, 0.3) is 5.91 Å². The molecule has 4 rings (SSSR count). The highest BCUT2D eigenvalue weighted by Crippen LogP contribution is 2.27. The number of aromatic nitrogens is 4. The topological polar surface area (TPSA) is 88.0 Å². The second kappa shape index (κ2) is 5.77. The molecule has 7 nitrogen and oxygen atoms in total. The highest BCUT2D eigenvalue weighted by Gasteiger charge is 2.27. The van der Waals surface area contributed by atoms with Gasteiger partial charge in [0.1, 0.15) is 0 Å². The van der Waals surface area contributed by atoms with Crippen molar-refractivity contribution < 1.29 is 4.79 Å². The molecule has 24 heavy (non-hydrogen) atoms. The number of hydrogen-bond acceptors (Lipinski definition) is 5. The third-order valence-corrected chi connectivity index (χ3v) is 4.25. The van der Waals surface area contributed by atoms with Gasteiger partial charge in [0.05, 0.1) is 5.69 Å². The standard InChI is InChI=1S/C15H9BrN6OS/c16-9-1-2-11-10(7-9)12(14(23)18-11)21-22-13(19-20-15(22)24)8-3-5-17-6-4-8/h1-7H,(H,20,24)(H,18,21,23). The van der Waals surface area contributed by atoms with Crippen molar-refractivity contribution in [3.8, 4) is 11.4 Å². The average molecular weight is 401 g/mol. The van der Waals surface area contributed by atoms with Gasteiger partial charge in [-0.15, -0.1) is 0 Å². The molecule has 0 spiro atoms. The SMILES string of the molecule is O=C1Nc2ccc(Br)cc2/C1=N\n1c(-c2ccncc2)n[nH]c1=S. The summed E-state index contributed by atoms with van der Waals surface area (Å²) in [5, 5.41) is 14.1. The number of carbonyl (C=O) groups is 1.